The molecule has 4 aromatic rings. The molecule has 10 heteroatoms. The quantitative estimate of drug-likeness (QED) is 0.291. The minimum atomic E-state index is -0.650. The van der Waals surface area contributed by atoms with Crippen molar-refractivity contribution in [2.45, 2.75) is 26.8 Å². The van der Waals surface area contributed by atoms with E-state index in [2.05, 4.69) is 26.2 Å². The van der Waals surface area contributed by atoms with E-state index in [0.717, 1.165) is 26.7 Å². The van der Waals surface area contributed by atoms with E-state index < -0.39 is 12.0 Å². The predicted octanol–water partition coefficient (Wildman–Crippen LogP) is 4.81. The van der Waals surface area contributed by atoms with E-state index in [1.54, 1.807) is 29.7 Å². The van der Waals surface area contributed by atoms with Crippen LogP contribution in [0.15, 0.2) is 92.3 Å². The van der Waals surface area contributed by atoms with Crippen molar-refractivity contribution in [1.29, 1.82) is 0 Å². The van der Waals surface area contributed by atoms with Crippen molar-refractivity contribution in [3.63, 3.8) is 0 Å². The zero-order valence-electron chi connectivity index (χ0n) is 23.4. The van der Waals surface area contributed by atoms with Crippen LogP contribution < -0.4 is 24.9 Å². The molecule has 0 saturated carbocycles. The number of halogens is 1. The molecule has 1 unspecified atom stereocenters. The Labute approximate surface area is 254 Å². The largest absolute Gasteiger partial charge is 0.484 e. The summed E-state index contributed by atoms with van der Waals surface area (Å²) in [6.07, 6.45) is 1.77. The maximum absolute atomic E-state index is 13.7. The number of ether oxygens (including phenoxy) is 2. The third kappa shape index (κ3) is 6.00. The van der Waals surface area contributed by atoms with Gasteiger partial charge in [-0.2, -0.15) is 0 Å². The third-order valence-corrected chi connectivity index (χ3v) is 8.59. The second kappa shape index (κ2) is 12.3. The SMILES string of the molecule is COC(=O)C1=C(C)N=c2s/c(=C/c3ccc(OCC(=O)Nc4cc(C)c(C)cc4Br)cc3)c(=O)n2C1c1ccccc1. The molecule has 1 aliphatic rings. The number of benzene rings is 3. The lowest BCUT2D eigenvalue weighted by Crippen LogP contribution is -2.39. The van der Waals surface area contributed by atoms with E-state index in [0.29, 0.717) is 32.0 Å². The van der Waals surface area contributed by atoms with Gasteiger partial charge in [0, 0.05) is 4.47 Å². The maximum atomic E-state index is 13.7. The Bertz CT molecular complexity index is 1890. The van der Waals surface area contributed by atoms with Crippen LogP contribution in [0.3, 0.4) is 0 Å². The number of thiazole rings is 1. The van der Waals surface area contributed by atoms with Gasteiger partial charge in [-0.3, -0.25) is 14.2 Å². The fraction of sp³-hybridized carbons (Fsp3) is 0.188. The summed E-state index contributed by atoms with van der Waals surface area (Å²) in [5, 5.41) is 2.86. The number of carbonyl (C=O) groups is 2. The van der Waals surface area contributed by atoms with Crippen molar-refractivity contribution >= 4 is 50.9 Å². The average molecular weight is 647 g/mol. The molecule has 0 spiro atoms. The van der Waals surface area contributed by atoms with Crippen LogP contribution >= 0.6 is 27.3 Å². The molecule has 42 heavy (non-hydrogen) atoms. The molecular weight excluding hydrogens is 618 g/mol. The minimum Gasteiger partial charge on any atom is -0.484 e. The van der Waals surface area contributed by atoms with Gasteiger partial charge in [0.25, 0.3) is 11.5 Å². The molecule has 214 valence electrons. The van der Waals surface area contributed by atoms with E-state index in [1.807, 2.05) is 68.4 Å². The van der Waals surface area contributed by atoms with Gasteiger partial charge in [0.15, 0.2) is 11.4 Å². The Kier molecular flexibility index (Phi) is 8.56. The normalized spacial score (nSPS) is 14.7. The number of hydrogen-bond acceptors (Lipinski definition) is 7. The molecule has 8 nitrogen and oxygen atoms in total. The number of aryl methyl sites for hydroxylation is 2. The van der Waals surface area contributed by atoms with Gasteiger partial charge in [0.1, 0.15) is 5.75 Å². The summed E-state index contributed by atoms with van der Waals surface area (Å²) >= 11 is 4.74. The summed E-state index contributed by atoms with van der Waals surface area (Å²) in [5.41, 5.74) is 5.04. The van der Waals surface area contributed by atoms with Crippen LogP contribution in [0, 0.1) is 13.8 Å². The van der Waals surface area contributed by atoms with Gasteiger partial charge in [-0.05, 0) is 89.3 Å². The Hall–Kier alpha value is -4.28. The number of rotatable bonds is 7. The van der Waals surface area contributed by atoms with E-state index in [-0.39, 0.29) is 18.1 Å². The number of methoxy groups -OCH3 is 1. The van der Waals surface area contributed by atoms with Gasteiger partial charge in [-0.15, -0.1) is 0 Å². The Morgan fingerprint density at radius 2 is 1.74 bits per heavy atom. The lowest BCUT2D eigenvalue weighted by atomic mass is 9.96. The molecule has 1 amide bonds. The summed E-state index contributed by atoms with van der Waals surface area (Å²) in [5.74, 6) is -0.283. The first-order chi connectivity index (χ1) is 20.2. The highest BCUT2D eigenvalue weighted by Crippen LogP contribution is 2.30. The maximum Gasteiger partial charge on any atom is 0.338 e. The molecule has 0 aliphatic carbocycles. The number of amides is 1. The lowest BCUT2D eigenvalue weighted by Gasteiger charge is -2.24. The molecule has 1 atom stereocenters. The number of nitrogens with one attached hydrogen (secondary N) is 1. The van der Waals surface area contributed by atoms with Crippen LogP contribution in [0.5, 0.6) is 5.75 Å². The minimum absolute atomic E-state index is 0.154. The number of esters is 1. The fourth-order valence-electron chi connectivity index (χ4n) is 4.67. The fourth-order valence-corrected chi connectivity index (χ4v) is 6.27. The number of aromatic nitrogens is 1. The smallest absolute Gasteiger partial charge is 0.338 e. The molecule has 5 rings (SSSR count). The molecule has 1 aromatic heterocycles. The van der Waals surface area contributed by atoms with Gasteiger partial charge in [-0.25, -0.2) is 9.79 Å². The predicted molar refractivity (Wildman–Crippen MR) is 166 cm³/mol. The van der Waals surface area contributed by atoms with Crippen molar-refractivity contribution in [2.75, 3.05) is 19.0 Å². The summed E-state index contributed by atoms with van der Waals surface area (Å²) in [7, 11) is 1.32. The van der Waals surface area contributed by atoms with Crippen molar-refractivity contribution in [2.24, 2.45) is 4.99 Å². The summed E-state index contributed by atoms with van der Waals surface area (Å²) in [6, 6.07) is 19.7. The first-order valence-corrected chi connectivity index (χ1v) is 14.7. The van der Waals surface area contributed by atoms with Crippen LogP contribution in [0.2, 0.25) is 0 Å². The molecule has 0 saturated heterocycles. The number of carbonyl (C=O) groups excluding carboxylic acids is 2. The summed E-state index contributed by atoms with van der Waals surface area (Å²) in [4.78, 5) is 44.0. The van der Waals surface area contributed by atoms with Gasteiger partial charge in [-0.1, -0.05) is 53.8 Å². The Morgan fingerprint density at radius 1 is 1.05 bits per heavy atom. The number of nitrogens with zero attached hydrogens (tertiary/aromatic N) is 2. The standard InChI is InChI=1S/C32H28BrN3O5S/c1-18-14-24(33)25(15-19(18)2)35-27(37)17-41-23-12-10-21(11-13-23)16-26-30(38)36-29(22-8-6-5-7-9-22)28(31(39)40-4)20(3)34-32(36)42-26/h5-16,29H,17H2,1-4H3,(H,35,37)/b26-16+. The van der Waals surface area contributed by atoms with Gasteiger partial charge in [0.05, 0.1) is 34.6 Å². The van der Waals surface area contributed by atoms with Crippen LogP contribution in [-0.2, 0) is 14.3 Å². The molecule has 2 heterocycles. The number of anilines is 1. The van der Waals surface area contributed by atoms with Crippen molar-refractivity contribution < 1.29 is 19.1 Å². The topological polar surface area (TPSA) is 99.0 Å². The second-order valence-electron chi connectivity index (χ2n) is 9.81. The van der Waals surface area contributed by atoms with Gasteiger partial charge >= 0.3 is 5.97 Å². The Morgan fingerprint density at radius 3 is 2.43 bits per heavy atom. The van der Waals surface area contributed by atoms with Crippen LogP contribution in [0.1, 0.15) is 35.2 Å². The Balaban J connectivity index is 1.37. The highest BCUT2D eigenvalue weighted by atomic mass is 79.9. The van der Waals surface area contributed by atoms with Crippen molar-refractivity contribution in [1.82, 2.24) is 4.57 Å². The molecule has 1 N–H and O–H groups in total. The van der Waals surface area contributed by atoms with Crippen LogP contribution in [0.25, 0.3) is 6.08 Å². The third-order valence-electron chi connectivity index (χ3n) is 6.95. The van der Waals surface area contributed by atoms with Gasteiger partial charge < -0.3 is 14.8 Å². The molecule has 0 radical (unpaired) electrons. The first kappa shape index (κ1) is 29.2. The van der Waals surface area contributed by atoms with E-state index in [1.165, 1.54) is 18.4 Å². The molecule has 0 fully saturated rings. The molecular formula is C32H28BrN3O5S. The summed E-state index contributed by atoms with van der Waals surface area (Å²) < 4.78 is 13.6. The second-order valence-corrected chi connectivity index (χ2v) is 11.7. The molecule has 3 aromatic carbocycles. The lowest BCUT2D eigenvalue weighted by molar-refractivity contribution is -0.136. The number of hydrogen-bond donors (Lipinski definition) is 1. The zero-order chi connectivity index (χ0) is 30.0. The monoisotopic (exact) mass is 645 g/mol. The number of allylic oxidation sites excluding steroid dienone is 1. The van der Waals surface area contributed by atoms with Crippen molar-refractivity contribution in [3.05, 3.63) is 124 Å². The average Bonchev–Trinajstić information content (AvgIpc) is 3.28. The van der Waals surface area contributed by atoms with Gasteiger partial charge in [0.2, 0.25) is 0 Å². The highest BCUT2D eigenvalue weighted by Gasteiger charge is 2.32. The zero-order valence-corrected chi connectivity index (χ0v) is 25.8. The van der Waals surface area contributed by atoms with Crippen LogP contribution in [0.4, 0.5) is 5.69 Å². The van der Waals surface area contributed by atoms with E-state index >= 15 is 0 Å². The van der Waals surface area contributed by atoms with Crippen LogP contribution in [-0.4, -0.2) is 30.2 Å². The van der Waals surface area contributed by atoms with Crippen molar-refractivity contribution in [3.8, 4) is 5.75 Å². The molecule has 1 aliphatic heterocycles. The summed E-state index contributed by atoms with van der Waals surface area (Å²) in [6.45, 7) is 5.59. The highest BCUT2D eigenvalue weighted by molar-refractivity contribution is 9.10. The molecule has 0 bridgehead atoms. The first-order valence-electron chi connectivity index (χ1n) is 13.1. The number of fused-ring (bicyclic) bond motifs is 1. The van der Waals surface area contributed by atoms with E-state index in [4.69, 9.17) is 9.47 Å². The van der Waals surface area contributed by atoms with E-state index in [9.17, 15) is 14.4 Å².